The van der Waals surface area contributed by atoms with Crippen molar-refractivity contribution < 1.29 is 21.7 Å². The maximum absolute atomic E-state index is 7.01. The maximum Gasteiger partial charge on any atom is 0.122 e. The van der Waals surface area contributed by atoms with Crippen molar-refractivity contribution in [2.75, 3.05) is 0 Å². The Morgan fingerprint density at radius 3 is 1.91 bits per heavy atom. The molecule has 0 bridgehead atoms. The third-order valence-electron chi connectivity index (χ3n) is 1.08. The first-order valence-corrected chi connectivity index (χ1v) is 2.70. The molecule has 0 aliphatic heterocycles. The van der Waals surface area contributed by atoms with Crippen molar-refractivity contribution in [1.82, 2.24) is 0 Å². The molecule has 0 radical (unpaired) electrons. The Balaban J connectivity index is 0. The van der Waals surface area contributed by atoms with Crippen LogP contribution in [0.2, 0.25) is 0 Å². The number of nitrogens with one attached hydrogen (secondary N) is 1. The van der Waals surface area contributed by atoms with Crippen molar-refractivity contribution in [3.05, 3.63) is 35.9 Å². The fourth-order valence-corrected chi connectivity index (χ4v) is 0.618. The van der Waals surface area contributed by atoms with Crippen LogP contribution in [0.1, 0.15) is 5.56 Å². The van der Waals surface area contributed by atoms with E-state index in [0.29, 0.717) is 0 Å². The van der Waals surface area contributed by atoms with Crippen LogP contribution in [0.25, 0.3) is 0 Å². The average Bonchev–Trinajstić information content (AvgIpc) is 1.90. The molecule has 0 heterocycles. The van der Waals surface area contributed by atoms with Crippen molar-refractivity contribution >= 4 is 18.2 Å². The molecule has 0 atom stereocenters. The van der Waals surface area contributed by atoms with Gasteiger partial charge in [-0.15, -0.1) is 12.4 Å². The van der Waals surface area contributed by atoms with Gasteiger partial charge in [0.1, 0.15) is 5.84 Å². The third kappa shape index (κ3) is 4.20. The molecule has 0 unspecified atom stereocenters. The second kappa shape index (κ2) is 6.41. The van der Waals surface area contributed by atoms with Crippen LogP contribution in [0.4, 0.5) is 0 Å². The standard InChI is InChI=1S/C7H8N2.ClH.Ti/c8-7(9)6-4-2-1-3-5-6;;/h1-5H,(H3,8,9);1H;. The molecule has 0 fully saturated rings. The summed E-state index contributed by atoms with van der Waals surface area (Å²) >= 11 is 0. The van der Waals surface area contributed by atoms with E-state index in [0.717, 1.165) is 5.56 Å². The largest absolute Gasteiger partial charge is 0.384 e. The van der Waals surface area contributed by atoms with Gasteiger partial charge in [0.25, 0.3) is 0 Å². The molecule has 0 aliphatic rings. The smallest absolute Gasteiger partial charge is 0.122 e. The Morgan fingerprint density at radius 1 is 1.18 bits per heavy atom. The Kier molecular flexibility index (Phi) is 7.74. The van der Waals surface area contributed by atoms with Crippen LogP contribution in [0, 0.1) is 5.41 Å². The molecule has 0 amide bonds. The first-order chi connectivity index (χ1) is 4.30. The molecule has 3 N–H and O–H groups in total. The quantitative estimate of drug-likeness (QED) is 0.405. The summed E-state index contributed by atoms with van der Waals surface area (Å²) in [4.78, 5) is 0. The molecule has 1 aromatic carbocycles. The van der Waals surface area contributed by atoms with E-state index in [-0.39, 0.29) is 40.0 Å². The van der Waals surface area contributed by atoms with Gasteiger partial charge in [0.15, 0.2) is 0 Å². The van der Waals surface area contributed by atoms with E-state index in [1.165, 1.54) is 0 Å². The van der Waals surface area contributed by atoms with Crippen molar-refractivity contribution in [2.45, 2.75) is 0 Å². The Hall–Kier alpha value is -0.306. The Labute approximate surface area is 87.0 Å². The van der Waals surface area contributed by atoms with Gasteiger partial charge in [-0.25, -0.2) is 0 Å². The van der Waals surface area contributed by atoms with Gasteiger partial charge in [-0.2, -0.15) is 0 Å². The molecule has 58 valence electrons. The molecule has 0 saturated carbocycles. The van der Waals surface area contributed by atoms with Crippen LogP contribution < -0.4 is 5.73 Å². The van der Waals surface area contributed by atoms with Crippen LogP contribution in [0.3, 0.4) is 0 Å². The van der Waals surface area contributed by atoms with E-state index in [1.54, 1.807) is 0 Å². The molecule has 0 aromatic heterocycles. The van der Waals surface area contributed by atoms with Crippen molar-refractivity contribution in [2.24, 2.45) is 5.73 Å². The predicted molar refractivity (Wildman–Crippen MR) is 44.7 cm³/mol. The van der Waals surface area contributed by atoms with Crippen LogP contribution in [0.5, 0.6) is 0 Å². The summed E-state index contributed by atoms with van der Waals surface area (Å²) in [6.45, 7) is 0. The second-order valence-electron chi connectivity index (χ2n) is 1.78. The van der Waals surface area contributed by atoms with Crippen LogP contribution in [-0.2, 0) is 21.7 Å². The Bertz CT molecular complexity index is 213. The summed E-state index contributed by atoms with van der Waals surface area (Å²) in [5, 5.41) is 7.01. The van der Waals surface area contributed by atoms with E-state index < -0.39 is 0 Å². The van der Waals surface area contributed by atoms with Gasteiger partial charge < -0.3 is 5.73 Å². The number of amidine groups is 1. The molecule has 0 saturated heterocycles. The summed E-state index contributed by atoms with van der Waals surface area (Å²) in [7, 11) is 0. The summed E-state index contributed by atoms with van der Waals surface area (Å²) in [6.07, 6.45) is 0. The van der Waals surface area contributed by atoms with Crippen LogP contribution in [-0.4, -0.2) is 5.84 Å². The predicted octanol–water partition coefficient (Wildman–Crippen LogP) is 1.39. The van der Waals surface area contributed by atoms with E-state index in [1.807, 2.05) is 30.3 Å². The number of hydrogen-bond donors (Lipinski definition) is 2. The van der Waals surface area contributed by atoms with E-state index in [9.17, 15) is 0 Å². The van der Waals surface area contributed by atoms with Gasteiger partial charge in [0, 0.05) is 27.3 Å². The fourth-order valence-electron chi connectivity index (χ4n) is 0.618. The SMILES string of the molecule is Cl.N=C(N)c1ccccc1.[Ti]. The van der Waals surface area contributed by atoms with Gasteiger partial charge >= 0.3 is 0 Å². The number of nitrogen functional groups attached to an aromatic ring is 1. The van der Waals surface area contributed by atoms with Gasteiger partial charge in [-0.3, -0.25) is 5.41 Å². The maximum atomic E-state index is 7.01. The first kappa shape index (κ1) is 13.3. The molecule has 0 aliphatic carbocycles. The average molecular weight is 204 g/mol. The monoisotopic (exact) mass is 204 g/mol. The molecule has 2 nitrogen and oxygen atoms in total. The summed E-state index contributed by atoms with van der Waals surface area (Å²) in [5.74, 6) is 0.121. The molecular formula is C7H9ClN2Ti. The van der Waals surface area contributed by atoms with Crippen molar-refractivity contribution in [3.8, 4) is 0 Å². The summed E-state index contributed by atoms with van der Waals surface area (Å²) in [5.41, 5.74) is 5.97. The second-order valence-corrected chi connectivity index (χ2v) is 1.78. The van der Waals surface area contributed by atoms with E-state index >= 15 is 0 Å². The minimum absolute atomic E-state index is 0. The number of hydrogen-bond acceptors (Lipinski definition) is 1. The van der Waals surface area contributed by atoms with E-state index in [4.69, 9.17) is 11.1 Å². The molecule has 0 spiro atoms. The van der Waals surface area contributed by atoms with Gasteiger partial charge in [0.2, 0.25) is 0 Å². The van der Waals surface area contributed by atoms with Crippen LogP contribution in [0.15, 0.2) is 30.3 Å². The zero-order chi connectivity index (χ0) is 6.69. The van der Waals surface area contributed by atoms with Gasteiger partial charge in [-0.1, -0.05) is 30.3 Å². The topological polar surface area (TPSA) is 49.9 Å². The summed E-state index contributed by atoms with van der Waals surface area (Å²) in [6, 6.07) is 9.23. The van der Waals surface area contributed by atoms with Gasteiger partial charge in [-0.05, 0) is 0 Å². The van der Waals surface area contributed by atoms with Crippen molar-refractivity contribution in [3.63, 3.8) is 0 Å². The Morgan fingerprint density at radius 2 is 1.64 bits per heavy atom. The van der Waals surface area contributed by atoms with Crippen molar-refractivity contribution in [1.29, 1.82) is 5.41 Å². The zero-order valence-corrected chi connectivity index (χ0v) is 8.25. The molecule has 11 heavy (non-hydrogen) atoms. The first-order valence-electron chi connectivity index (χ1n) is 2.70. The number of rotatable bonds is 1. The number of halogens is 1. The molecule has 4 heteroatoms. The third-order valence-corrected chi connectivity index (χ3v) is 1.08. The minimum Gasteiger partial charge on any atom is -0.384 e. The fraction of sp³-hybridized carbons (Fsp3) is 0. The molecule has 1 rings (SSSR count). The molecule has 1 aromatic rings. The normalized spacial score (nSPS) is 7.27. The number of nitrogens with two attached hydrogens (primary N) is 1. The minimum atomic E-state index is 0. The molecular weight excluding hydrogens is 195 g/mol. The van der Waals surface area contributed by atoms with E-state index in [2.05, 4.69) is 0 Å². The zero-order valence-electron chi connectivity index (χ0n) is 5.87. The summed E-state index contributed by atoms with van der Waals surface area (Å²) < 4.78 is 0. The number of benzene rings is 1. The van der Waals surface area contributed by atoms with Gasteiger partial charge in [0.05, 0.1) is 0 Å². The van der Waals surface area contributed by atoms with Crippen LogP contribution >= 0.6 is 12.4 Å².